The van der Waals surface area contributed by atoms with Crippen LogP contribution in [-0.2, 0) is 37.0 Å². The van der Waals surface area contributed by atoms with Gasteiger partial charge in [-0.25, -0.2) is 0 Å². The molecular weight excluding hydrogens is 560 g/mol. The van der Waals surface area contributed by atoms with Crippen LogP contribution in [0.5, 0.6) is 0 Å². The molecule has 5 rings (SSSR count). The van der Waals surface area contributed by atoms with Crippen molar-refractivity contribution in [1.29, 1.82) is 0 Å². The topological polar surface area (TPSA) is 118 Å². The van der Waals surface area contributed by atoms with Crippen LogP contribution in [0.4, 0.5) is 0 Å². The number of carboxylic acid groups (broad SMARTS) is 1. The summed E-state index contributed by atoms with van der Waals surface area (Å²) in [6, 6.07) is 24.1. The standard InChI is InChI=1S/C35H42N2O7/c1-24-31(22-37-17-19-42-20-18-37)43-35(44-34(24)27-11-9-25(23-38)10-12-27)28-15-13-26(14-16-28)30-6-3-2-5-29(30)21-36-32(39)7-4-8-33(40)41/h2-3,5-6,9-16,24,31,34-35,38H,4,7-8,17-23H2,1H3,(H,36,39)(H,40,41). The van der Waals surface area contributed by atoms with Crippen LogP contribution in [0.15, 0.2) is 72.8 Å². The SMILES string of the molecule is CC1C(CN2CCOCC2)OC(c2ccc(-c3ccccc3CNC(=O)CCCC(=O)O)cc2)OC1c1ccc(CO)cc1. The van der Waals surface area contributed by atoms with Crippen molar-refractivity contribution in [2.24, 2.45) is 5.92 Å². The molecule has 44 heavy (non-hydrogen) atoms. The maximum Gasteiger partial charge on any atom is 0.303 e. The minimum Gasteiger partial charge on any atom is -0.481 e. The number of aliphatic hydroxyl groups is 1. The average Bonchev–Trinajstić information content (AvgIpc) is 3.05. The first-order chi connectivity index (χ1) is 21.4. The number of nitrogens with one attached hydrogen (secondary N) is 1. The smallest absolute Gasteiger partial charge is 0.303 e. The lowest BCUT2D eigenvalue weighted by molar-refractivity contribution is -0.277. The summed E-state index contributed by atoms with van der Waals surface area (Å²) in [5.74, 6) is -0.950. The minimum absolute atomic E-state index is 0.00138. The number of carbonyl (C=O) groups excluding carboxylic acids is 1. The number of carboxylic acids is 1. The fourth-order valence-corrected chi connectivity index (χ4v) is 5.82. The first kappa shape index (κ1) is 31.8. The Bertz CT molecular complexity index is 1370. The molecule has 0 aromatic heterocycles. The van der Waals surface area contributed by atoms with Crippen LogP contribution in [0.3, 0.4) is 0 Å². The third kappa shape index (κ3) is 8.31. The van der Waals surface area contributed by atoms with Crippen molar-refractivity contribution in [3.63, 3.8) is 0 Å². The molecule has 0 spiro atoms. The van der Waals surface area contributed by atoms with Crippen molar-refractivity contribution >= 4 is 11.9 Å². The molecule has 4 unspecified atom stereocenters. The summed E-state index contributed by atoms with van der Waals surface area (Å²) in [6.07, 6.45) is -0.289. The molecule has 3 N–H and O–H groups in total. The summed E-state index contributed by atoms with van der Waals surface area (Å²) in [5.41, 5.74) is 5.84. The Balaban J connectivity index is 1.31. The van der Waals surface area contributed by atoms with E-state index in [0.717, 1.165) is 66.2 Å². The van der Waals surface area contributed by atoms with Gasteiger partial charge in [0.15, 0.2) is 6.29 Å². The summed E-state index contributed by atoms with van der Waals surface area (Å²) < 4.78 is 18.8. The van der Waals surface area contributed by atoms with E-state index >= 15 is 0 Å². The highest BCUT2D eigenvalue weighted by Crippen LogP contribution is 2.42. The molecule has 2 heterocycles. The zero-order valence-electron chi connectivity index (χ0n) is 25.2. The second-order valence-electron chi connectivity index (χ2n) is 11.5. The number of hydrogen-bond donors (Lipinski definition) is 3. The van der Waals surface area contributed by atoms with Crippen molar-refractivity contribution in [2.75, 3.05) is 32.8 Å². The van der Waals surface area contributed by atoms with Gasteiger partial charge in [-0.2, -0.15) is 0 Å². The van der Waals surface area contributed by atoms with E-state index < -0.39 is 12.3 Å². The number of rotatable bonds is 12. The Morgan fingerprint density at radius 1 is 0.909 bits per heavy atom. The highest BCUT2D eigenvalue weighted by atomic mass is 16.7. The average molecular weight is 603 g/mol. The number of carbonyl (C=O) groups is 2. The van der Waals surface area contributed by atoms with Crippen LogP contribution in [0.25, 0.3) is 11.1 Å². The van der Waals surface area contributed by atoms with E-state index in [1.54, 1.807) is 0 Å². The Kier molecular flexibility index (Phi) is 11.1. The largest absolute Gasteiger partial charge is 0.481 e. The van der Waals surface area contributed by atoms with Crippen LogP contribution >= 0.6 is 0 Å². The molecule has 9 nitrogen and oxygen atoms in total. The van der Waals surface area contributed by atoms with E-state index in [2.05, 4.69) is 29.3 Å². The maximum absolute atomic E-state index is 12.2. The van der Waals surface area contributed by atoms with E-state index in [-0.39, 0.29) is 43.5 Å². The molecule has 2 aliphatic heterocycles. The second kappa shape index (κ2) is 15.4. The zero-order chi connectivity index (χ0) is 30.9. The van der Waals surface area contributed by atoms with Crippen LogP contribution in [0.2, 0.25) is 0 Å². The number of morpholine rings is 1. The van der Waals surface area contributed by atoms with E-state index in [1.807, 2.05) is 60.7 Å². The monoisotopic (exact) mass is 602 g/mol. The predicted octanol–water partition coefficient (Wildman–Crippen LogP) is 4.84. The van der Waals surface area contributed by atoms with Gasteiger partial charge in [-0.1, -0.05) is 79.7 Å². The summed E-state index contributed by atoms with van der Waals surface area (Å²) in [7, 11) is 0. The van der Waals surface area contributed by atoms with Gasteiger partial charge in [0.05, 0.1) is 32.0 Å². The Morgan fingerprint density at radius 3 is 2.32 bits per heavy atom. The highest BCUT2D eigenvalue weighted by molar-refractivity contribution is 5.77. The molecule has 3 aromatic rings. The van der Waals surface area contributed by atoms with Crippen molar-refractivity contribution in [1.82, 2.24) is 10.2 Å². The van der Waals surface area contributed by atoms with Crippen LogP contribution in [0.1, 0.15) is 60.8 Å². The highest BCUT2D eigenvalue weighted by Gasteiger charge is 2.39. The number of amides is 1. The van der Waals surface area contributed by atoms with Crippen LogP contribution in [0, 0.1) is 5.92 Å². The molecule has 3 aromatic carbocycles. The lowest BCUT2D eigenvalue weighted by Crippen LogP contribution is -2.47. The van der Waals surface area contributed by atoms with E-state index in [0.29, 0.717) is 13.0 Å². The van der Waals surface area contributed by atoms with Gasteiger partial charge < -0.3 is 29.7 Å². The molecule has 1 amide bonds. The van der Waals surface area contributed by atoms with Gasteiger partial charge >= 0.3 is 5.97 Å². The van der Waals surface area contributed by atoms with Crippen molar-refractivity contribution in [3.8, 4) is 11.1 Å². The summed E-state index contributed by atoms with van der Waals surface area (Å²) in [4.78, 5) is 25.4. The number of aliphatic hydroxyl groups excluding tert-OH is 1. The normalized spacial score (nSPS) is 22.4. The first-order valence-electron chi connectivity index (χ1n) is 15.4. The zero-order valence-corrected chi connectivity index (χ0v) is 25.2. The maximum atomic E-state index is 12.2. The number of benzene rings is 3. The molecule has 4 atom stereocenters. The van der Waals surface area contributed by atoms with Gasteiger partial charge in [-0.05, 0) is 34.2 Å². The Hall–Kier alpha value is -3.60. The van der Waals surface area contributed by atoms with Gasteiger partial charge in [0.25, 0.3) is 0 Å². The molecule has 2 saturated heterocycles. The van der Waals surface area contributed by atoms with Crippen molar-refractivity contribution in [2.45, 2.75) is 57.8 Å². The first-order valence-corrected chi connectivity index (χ1v) is 15.4. The molecule has 0 bridgehead atoms. The van der Waals surface area contributed by atoms with E-state index in [1.165, 1.54) is 0 Å². The summed E-state index contributed by atoms with van der Waals surface area (Å²) >= 11 is 0. The van der Waals surface area contributed by atoms with E-state index in [4.69, 9.17) is 19.3 Å². The second-order valence-corrected chi connectivity index (χ2v) is 11.5. The van der Waals surface area contributed by atoms with Crippen LogP contribution in [-0.4, -0.2) is 65.9 Å². The third-order valence-corrected chi connectivity index (χ3v) is 8.45. The van der Waals surface area contributed by atoms with Crippen LogP contribution < -0.4 is 5.32 Å². The molecule has 0 saturated carbocycles. The number of ether oxygens (including phenoxy) is 3. The molecule has 2 aliphatic rings. The molecule has 0 radical (unpaired) electrons. The van der Waals surface area contributed by atoms with Crippen molar-refractivity contribution in [3.05, 3.63) is 95.1 Å². The van der Waals surface area contributed by atoms with Gasteiger partial charge in [-0.3, -0.25) is 14.5 Å². The molecule has 234 valence electrons. The number of nitrogens with zero attached hydrogens (tertiary/aromatic N) is 1. The van der Waals surface area contributed by atoms with Gasteiger partial charge in [-0.15, -0.1) is 0 Å². The molecular formula is C35H42N2O7. The number of hydrogen-bond acceptors (Lipinski definition) is 7. The predicted molar refractivity (Wildman–Crippen MR) is 165 cm³/mol. The quantitative estimate of drug-likeness (QED) is 0.270. The number of aliphatic carboxylic acids is 1. The Morgan fingerprint density at radius 2 is 1.61 bits per heavy atom. The molecule has 0 aliphatic carbocycles. The fraction of sp³-hybridized carbons (Fsp3) is 0.429. The minimum atomic E-state index is -0.898. The Labute approximate surface area is 258 Å². The lowest BCUT2D eigenvalue weighted by atomic mass is 9.90. The lowest BCUT2D eigenvalue weighted by Gasteiger charge is -2.43. The van der Waals surface area contributed by atoms with Gasteiger partial charge in [0.1, 0.15) is 0 Å². The molecule has 9 heteroatoms. The fourth-order valence-electron chi connectivity index (χ4n) is 5.82. The van der Waals surface area contributed by atoms with E-state index in [9.17, 15) is 14.7 Å². The third-order valence-electron chi connectivity index (χ3n) is 8.45. The van der Waals surface area contributed by atoms with Gasteiger partial charge in [0.2, 0.25) is 5.91 Å². The summed E-state index contributed by atoms with van der Waals surface area (Å²) in [5, 5.41) is 21.3. The van der Waals surface area contributed by atoms with Gasteiger partial charge in [0, 0.05) is 50.5 Å². The summed E-state index contributed by atoms with van der Waals surface area (Å²) in [6.45, 7) is 6.54. The van der Waals surface area contributed by atoms with Crippen molar-refractivity contribution < 1.29 is 34.0 Å². The molecule has 2 fully saturated rings.